The van der Waals surface area contributed by atoms with Crippen molar-refractivity contribution in [3.63, 3.8) is 0 Å². The molecule has 40 heavy (non-hydrogen) atoms. The zero-order valence-electron chi connectivity index (χ0n) is 23.0. The Morgan fingerprint density at radius 1 is 0.875 bits per heavy atom. The van der Waals surface area contributed by atoms with Crippen molar-refractivity contribution in [2.24, 2.45) is 0 Å². The molecule has 1 aromatic carbocycles. The van der Waals surface area contributed by atoms with Crippen LogP contribution in [-0.2, 0) is 33.4 Å². The number of hydrogen-bond acceptors (Lipinski definition) is 11. The summed E-state index contributed by atoms with van der Waals surface area (Å²) in [5, 5.41) is 20.9. The molecule has 0 saturated heterocycles. The number of hydrogen-bond donors (Lipinski definition) is 5. The molecular formula is C27H40N4O9. The number of carbonyl (C=O) groups excluding carboxylic acids is 4. The number of ketones is 1. The standard InChI is InChI=1S/C27H40N4O9/c1-18(32)22(16-24(33)34)30-20-8-9-21(20)31-23(17-25(35)40-27(37)19-6-4-3-5-7-19)26(36)29-11-13-39-15-14-38-12-10-28-2/h3-7,20-23,28,30-31H,8-17H2,1-2H3,(H,29,36)(H,33,34)/t20?,21?,22-,23-/m0/s1. The first-order valence-corrected chi connectivity index (χ1v) is 13.3. The van der Waals surface area contributed by atoms with Crippen LogP contribution in [0.3, 0.4) is 0 Å². The molecule has 13 nitrogen and oxygen atoms in total. The van der Waals surface area contributed by atoms with Crippen LogP contribution in [0.25, 0.3) is 0 Å². The molecule has 1 aliphatic rings. The number of carbonyl (C=O) groups is 5. The van der Waals surface area contributed by atoms with Crippen molar-refractivity contribution in [3.8, 4) is 0 Å². The summed E-state index contributed by atoms with van der Waals surface area (Å²) in [6, 6.07) is 5.52. The van der Waals surface area contributed by atoms with Crippen LogP contribution in [0.1, 0.15) is 43.0 Å². The topological polar surface area (TPSA) is 181 Å². The Morgan fingerprint density at radius 3 is 2.02 bits per heavy atom. The normalized spacial score (nSPS) is 17.8. The minimum absolute atomic E-state index is 0.183. The molecule has 13 heteroatoms. The van der Waals surface area contributed by atoms with Crippen molar-refractivity contribution in [1.82, 2.24) is 21.3 Å². The summed E-state index contributed by atoms with van der Waals surface area (Å²) in [6.45, 7) is 3.80. The number of likely N-dealkylation sites (N-methyl/N-ethyl adjacent to an activating group) is 1. The van der Waals surface area contributed by atoms with Crippen LogP contribution in [0.2, 0.25) is 0 Å². The number of rotatable bonds is 20. The number of carboxylic acid groups (broad SMARTS) is 1. The largest absolute Gasteiger partial charge is 0.481 e. The van der Waals surface area contributed by atoms with Crippen LogP contribution in [0.15, 0.2) is 30.3 Å². The summed E-state index contributed by atoms with van der Waals surface area (Å²) < 4.78 is 15.8. The van der Waals surface area contributed by atoms with E-state index < -0.39 is 42.3 Å². The van der Waals surface area contributed by atoms with Gasteiger partial charge in [-0.15, -0.1) is 0 Å². The van der Waals surface area contributed by atoms with Gasteiger partial charge in [0.15, 0.2) is 0 Å². The molecule has 1 aromatic rings. The van der Waals surface area contributed by atoms with E-state index in [1.54, 1.807) is 18.2 Å². The number of nitrogens with one attached hydrogen (secondary N) is 4. The highest BCUT2D eigenvalue weighted by Crippen LogP contribution is 2.22. The third-order valence-electron chi connectivity index (χ3n) is 6.29. The molecule has 0 aromatic heterocycles. The number of esters is 2. The molecule has 1 saturated carbocycles. The summed E-state index contributed by atoms with van der Waals surface area (Å²) >= 11 is 0. The molecule has 0 radical (unpaired) electrons. The Hall–Kier alpha value is -3.23. The number of amides is 1. The molecule has 0 aliphatic heterocycles. The Balaban J connectivity index is 1.93. The Morgan fingerprint density at radius 2 is 1.48 bits per heavy atom. The second-order valence-corrected chi connectivity index (χ2v) is 9.39. The zero-order chi connectivity index (χ0) is 29.3. The molecule has 0 heterocycles. The predicted octanol–water partition coefficient (Wildman–Crippen LogP) is -0.360. The predicted molar refractivity (Wildman–Crippen MR) is 144 cm³/mol. The van der Waals surface area contributed by atoms with Crippen LogP contribution < -0.4 is 21.3 Å². The van der Waals surface area contributed by atoms with Gasteiger partial charge in [0.05, 0.1) is 56.9 Å². The Labute approximate surface area is 233 Å². The van der Waals surface area contributed by atoms with Gasteiger partial charge in [0.25, 0.3) is 0 Å². The highest BCUT2D eigenvalue weighted by Gasteiger charge is 2.37. The van der Waals surface area contributed by atoms with Crippen LogP contribution in [0, 0.1) is 0 Å². The van der Waals surface area contributed by atoms with Crippen LogP contribution in [0.5, 0.6) is 0 Å². The van der Waals surface area contributed by atoms with Crippen molar-refractivity contribution < 1.29 is 43.3 Å². The lowest BCUT2D eigenvalue weighted by atomic mass is 9.84. The quantitative estimate of drug-likeness (QED) is 0.0789. The highest BCUT2D eigenvalue weighted by molar-refractivity contribution is 5.98. The first-order valence-electron chi connectivity index (χ1n) is 13.3. The van der Waals surface area contributed by atoms with Gasteiger partial charge in [0.2, 0.25) is 5.91 Å². The third-order valence-corrected chi connectivity index (χ3v) is 6.29. The second-order valence-electron chi connectivity index (χ2n) is 9.39. The highest BCUT2D eigenvalue weighted by atomic mass is 16.6. The van der Waals surface area contributed by atoms with E-state index in [2.05, 4.69) is 21.3 Å². The van der Waals surface area contributed by atoms with Crippen LogP contribution in [-0.4, -0.2) is 105 Å². The van der Waals surface area contributed by atoms with Crippen LogP contribution in [0.4, 0.5) is 0 Å². The second kappa shape index (κ2) is 18.2. The summed E-state index contributed by atoms with van der Waals surface area (Å²) in [5.74, 6) is -3.61. The molecule has 2 rings (SSSR count). The van der Waals surface area contributed by atoms with E-state index in [4.69, 9.17) is 19.3 Å². The first kappa shape index (κ1) is 33.0. The van der Waals surface area contributed by atoms with Gasteiger partial charge in [-0.2, -0.15) is 0 Å². The first-order chi connectivity index (χ1) is 19.2. The van der Waals surface area contributed by atoms with Crippen molar-refractivity contribution in [2.45, 2.75) is 56.8 Å². The van der Waals surface area contributed by atoms with Gasteiger partial charge < -0.3 is 40.6 Å². The van der Waals surface area contributed by atoms with Crippen molar-refractivity contribution >= 4 is 29.6 Å². The fourth-order valence-electron chi connectivity index (χ4n) is 3.95. The van der Waals surface area contributed by atoms with E-state index in [0.29, 0.717) is 32.7 Å². The maximum atomic E-state index is 13.0. The van der Waals surface area contributed by atoms with E-state index in [-0.39, 0.29) is 43.0 Å². The van der Waals surface area contributed by atoms with Gasteiger partial charge >= 0.3 is 17.9 Å². The molecule has 0 spiro atoms. The number of ether oxygens (including phenoxy) is 3. The molecule has 1 amide bonds. The molecule has 1 fully saturated rings. The number of carboxylic acids is 1. The molecule has 4 atom stereocenters. The smallest absolute Gasteiger partial charge is 0.345 e. The van der Waals surface area contributed by atoms with Gasteiger partial charge in [-0.3, -0.25) is 19.2 Å². The minimum atomic E-state index is -1.11. The van der Waals surface area contributed by atoms with Gasteiger partial charge in [-0.1, -0.05) is 18.2 Å². The van der Waals surface area contributed by atoms with Crippen molar-refractivity contribution in [2.75, 3.05) is 46.6 Å². The van der Waals surface area contributed by atoms with Gasteiger partial charge in [0.1, 0.15) is 5.78 Å². The van der Waals surface area contributed by atoms with Crippen LogP contribution >= 0.6 is 0 Å². The lowest BCUT2D eigenvalue weighted by Gasteiger charge is -2.41. The maximum absolute atomic E-state index is 13.0. The fourth-order valence-corrected chi connectivity index (χ4v) is 3.95. The monoisotopic (exact) mass is 564 g/mol. The van der Waals surface area contributed by atoms with E-state index in [0.717, 1.165) is 6.54 Å². The zero-order valence-corrected chi connectivity index (χ0v) is 23.0. The molecular weight excluding hydrogens is 524 g/mol. The maximum Gasteiger partial charge on any atom is 0.345 e. The lowest BCUT2D eigenvalue weighted by molar-refractivity contribution is -0.141. The number of aliphatic carboxylic acids is 1. The van der Waals surface area contributed by atoms with Gasteiger partial charge in [0, 0.05) is 25.2 Å². The lowest BCUT2D eigenvalue weighted by Crippen LogP contribution is -2.63. The summed E-state index contributed by atoms with van der Waals surface area (Å²) in [4.78, 5) is 60.9. The Bertz CT molecular complexity index is 976. The number of benzene rings is 1. The Kier molecular flexibility index (Phi) is 15.0. The summed E-state index contributed by atoms with van der Waals surface area (Å²) in [5.41, 5.74) is 0.203. The van der Waals surface area contributed by atoms with E-state index in [9.17, 15) is 24.0 Å². The fraction of sp³-hybridized carbons (Fsp3) is 0.593. The molecule has 0 bridgehead atoms. The summed E-state index contributed by atoms with van der Waals surface area (Å²) in [6.07, 6.45) is 0.500. The summed E-state index contributed by atoms with van der Waals surface area (Å²) in [7, 11) is 1.83. The minimum Gasteiger partial charge on any atom is -0.481 e. The molecule has 1 aliphatic carbocycles. The van der Waals surface area contributed by atoms with Crippen molar-refractivity contribution in [3.05, 3.63) is 35.9 Å². The van der Waals surface area contributed by atoms with E-state index >= 15 is 0 Å². The third kappa shape index (κ3) is 12.3. The molecule has 2 unspecified atom stereocenters. The van der Waals surface area contributed by atoms with Gasteiger partial charge in [-0.05, 0) is 38.9 Å². The molecule has 5 N–H and O–H groups in total. The average Bonchev–Trinajstić information content (AvgIpc) is 2.91. The van der Waals surface area contributed by atoms with E-state index in [1.807, 2.05) is 7.05 Å². The molecule has 222 valence electrons. The van der Waals surface area contributed by atoms with Crippen molar-refractivity contribution in [1.29, 1.82) is 0 Å². The van der Waals surface area contributed by atoms with E-state index in [1.165, 1.54) is 19.1 Å². The van der Waals surface area contributed by atoms with Gasteiger partial charge in [-0.25, -0.2) is 4.79 Å². The average molecular weight is 565 g/mol. The number of Topliss-reactive ketones (excluding diaryl/α,β-unsaturated/α-hetero) is 1. The SMILES string of the molecule is CNCCOCCOCCNC(=O)[C@H](CC(=O)OC(=O)c1ccccc1)NC1CCC1N[C@@H](CC(=O)O)C(C)=O.